The largest absolute Gasteiger partial charge is 0.366 e. The summed E-state index contributed by atoms with van der Waals surface area (Å²) in [6.07, 6.45) is 1.52. The maximum absolute atomic E-state index is 11.0. The Morgan fingerprint density at radius 1 is 0.920 bits per heavy atom. The topological polar surface area (TPSA) is 78.9 Å². The monoisotopic (exact) mass is 333 g/mol. The molecular weight excluding hydrogens is 314 g/mol. The minimum atomic E-state index is -0.0920. The molecule has 1 aromatic heterocycles. The van der Waals surface area contributed by atoms with Gasteiger partial charge in [0.1, 0.15) is 18.0 Å². The number of nitrogens with one attached hydrogen (secondary N) is 3. The molecule has 0 saturated carbocycles. The second-order valence-corrected chi connectivity index (χ2v) is 5.51. The van der Waals surface area contributed by atoms with Crippen LogP contribution in [-0.2, 0) is 11.3 Å². The zero-order chi connectivity index (χ0) is 17.5. The fourth-order valence-corrected chi connectivity index (χ4v) is 2.30. The molecule has 1 heterocycles. The van der Waals surface area contributed by atoms with Gasteiger partial charge in [-0.25, -0.2) is 9.97 Å². The van der Waals surface area contributed by atoms with E-state index in [0.29, 0.717) is 12.4 Å². The van der Waals surface area contributed by atoms with Crippen molar-refractivity contribution in [2.75, 3.05) is 16.0 Å². The summed E-state index contributed by atoms with van der Waals surface area (Å²) in [6.45, 7) is 2.18. The van der Waals surface area contributed by atoms with Crippen LogP contribution in [0, 0.1) is 0 Å². The summed E-state index contributed by atoms with van der Waals surface area (Å²) in [5, 5.41) is 9.23. The first-order valence-corrected chi connectivity index (χ1v) is 7.93. The fourth-order valence-electron chi connectivity index (χ4n) is 2.30. The van der Waals surface area contributed by atoms with Crippen molar-refractivity contribution in [2.45, 2.75) is 13.5 Å². The number of anilines is 4. The highest BCUT2D eigenvalue weighted by atomic mass is 16.1. The smallest absolute Gasteiger partial charge is 0.221 e. The summed E-state index contributed by atoms with van der Waals surface area (Å²) in [4.78, 5) is 19.5. The molecule has 0 fully saturated rings. The third-order valence-corrected chi connectivity index (χ3v) is 3.46. The Morgan fingerprint density at radius 2 is 1.60 bits per heavy atom. The lowest BCUT2D eigenvalue weighted by Gasteiger charge is -2.09. The molecule has 25 heavy (non-hydrogen) atoms. The highest BCUT2D eigenvalue weighted by molar-refractivity contribution is 5.88. The van der Waals surface area contributed by atoms with Gasteiger partial charge in [0.2, 0.25) is 5.91 Å². The zero-order valence-electron chi connectivity index (χ0n) is 13.9. The molecule has 0 aliphatic heterocycles. The first-order chi connectivity index (χ1) is 12.2. The highest BCUT2D eigenvalue weighted by Gasteiger charge is 2.01. The second kappa shape index (κ2) is 7.92. The van der Waals surface area contributed by atoms with E-state index in [0.717, 1.165) is 17.2 Å². The molecule has 0 spiro atoms. The van der Waals surface area contributed by atoms with Crippen LogP contribution in [0.25, 0.3) is 0 Å². The molecule has 3 aromatic rings. The quantitative estimate of drug-likeness (QED) is 0.639. The van der Waals surface area contributed by atoms with E-state index in [1.54, 1.807) is 0 Å². The molecule has 3 N–H and O–H groups in total. The molecular formula is C19H19N5O. The summed E-state index contributed by atoms with van der Waals surface area (Å²) in [7, 11) is 0. The van der Waals surface area contributed by atoms with Crippen molar-refractivity contribution in [2.24, 2.45) is 0 Å². The van der Waals surface area contributed by atoms with Gasteiger partial charge in [0.25, 0.3) is 0 Å². The molecule has 6 heteroatoms. The molecule has 0 unspecified atom stereocenters. The Hall–Kier alpha value is -3.41. The summed E-state index contributed by atoms with van der Waals surface area (Å²) < 4.78 is 0. The predicted octanol–water partition coefficient (Wildman–Crippen LogP) is 3.79. The maximum Gasteiger partial charge on any atom is 0.221 e. The second-order valence-electron chi connectivity index (χ2n) is 5.51. The SMILES string of the molecule is CC(=O)Nc1ccc(Nc2cc(NCc3ccccc3)ncn2)cc1. The third kappa shape index (κ3) is 5.04. The number of carbonyl (C=O) groups excluding carboxylic acids is 1. The number of carbonyl (C=O) groups is 1. The number of amides is 1. The summed E-state index contributed by atoms with van der Waals surface area (Å²) in [5.74, 6) is 1.35. The van der Waals surface area contributed by atoms with Crippen LogP contribution in [0.4, 0.5) is 23.0 Å². The van der Waals surface area contributed by atoms with Gasteiger partial charge in [-0.05, 0) is 29.8 Å². The summed E-state index contributed by atoms with van der Waals surface area (Å²) in [6, 6.07) is 19.4. The van der Waals surface area contributed by atoms with E-state index >= 15 is 0 Å². The Bertz CT molecular complexity index is 834. The van der Waals surface area contributed by atoms with E-state index < -0.39 is 0 Å². The minimum absolute atomic E-state index is 0.0920. The van der Waals surface area contributed by atoms with Crippen LogP contribution in [-0.4, -0.2) is 15.9 Å². The average molecular weight is 333 g/mol. The number of aromatic nitrogens is 2. The van der Waals surface area contributed by atoms with Crippen molar-refractivity contribution in [1.29, 1.82) is 0 Å². The number of hydrogen-bond acceptors (Lipinski definition) is 5. The van der Waals surface area contributed by atoms with E-state index in [9.17, 15) is 4.79 Å². The Kier molecular flexibility index (Phi) is 5.21. The van der Waals surface area contributed by atoms with Gasteiger partial charge >= 0.3 is 0 Å². The molecule has 2 aromatic carbocycles. The van der Waals surface area contributed by atoms with Crippen LogP contribution in [0.5, 0.6) is 0 Å². The van der Waals surface area contributed by atoms with Crippen LogP contribution in [0.2, 0.25) is 0 Å². The minimum Gasteiger partial charge on any atom is -0.366 e. The van der Waals surface area contributed by atoms with E-state index in [4.69, 9.17) is 0 Å². The van der Waals surface area contributed by atoms with Crippen LogP contribution in [0.15, 0.2) is 67.0 Å². The number of nitrogens with zero attached hydrogens (tertiary/aromatic N) is 2. The molecule has 3 rings (SSSR count). The molecule has 0 atom stereocenters. The van der Waals surface area contributed by atoms with E-state index in [1.807, 2.05) is 48.5 Å². The van der Waals surface area contributed by atoms with Crippen molar-refractivity contribution in [3.63, 3.8) is 0 Å². The van der Waals surface area contributed by atoms with E-state index in [-0.39, 0.29) is 5.91 Å². The van der Waals surface area contributed by atoms with Gasteiger partial charge in [-0.15, -0.1) is 0 Å². The zero-order valence-corrected chi connectivity index (χ0v) is 13.9. The van der Waals surface area contributed by atoms with E-state index in [2.05, 4.69) is 38.1 Å². The van der Waals surface area contributed by atoms with E-state index in [1.165, 1.54) is 18.8 Å². The van der Waals surface area contributed by atoms with Gasteiger partial charge in [0, 0.05) is 30.9 Å². The van der Waals surface area contributed by atoms with Gasteiger partial charge in [-0.1, -0.05) is 30.3 Å². The first kappa shape index (κ1) is 16.4. The average Bonchev–Trinajstić information content (AvgIpc) is 2.62. The van der Waals surface area contributed by atoms with Gasteiger partial charge in [-0.2, -0.15) is 0 Å². The Balaban J connectivity index is 1.62. The number of benzene rings is 2. The van der Waals surface area contributed by atoms with Crippen molar-refractivity contribution >= 4 is 28.9 Å². The maximum atomic E-state index is 11.0. The van der Waals surface area contributed by atoms with Crippen molar-refractivity contribution in [3.8, 4) is 0 Å². The molecule has 0 aliphatic rings. The van der Waals surface area contributed by atoms with Crippen molar-refractivity contribution < 1.29 is 4.79 Å². The Morgan fingerprint density at radius 3 is 2.32 bits per heavy atom. The van der Waals surface area contributed by atoms with Crippen LogP contribution in [0.3, 0.4) is 0 Å². The number of rotatable bonds is 6. The standard InChI is InChI=1S/C19H19N5O/c1-14(25)23-16-7-9-17(10-8-16)24-19-11-18(21-13-22-19)20-12-15-5-3-2-4-6-15/h2-11,13H,12H2,1H3,(H,23,25)(H2,20,21,22,24). The Labute approximate surface area is 146 Å². The van der Waals surface area contributed by atoms with Crippen LogP contribution >= 0.6 is 0 Å². The lowest BCUT2D eigenvalue weighted by molar-refractivity contribution is -0.114. The molecule has 0 bridgehead atoms. The lowest BCUT2D eigenvalue weighted by atomic mass is 10.2. The first-order valence-electron chi connectivity index (χ1n) is 7.93. The molecule has 126 valence electrons. The normalized spacial score (nSPS) is 10.1. The fraction of sp³-hybridized carbons (Fsp3) is 0.105. The third-order valence-electron chi connectivity index (χ3n) is 3.46. The number of hydrogen-bond donors (Lipinski definition) is 3. The predicted molar refractivity (Wildman–Crippen MR) is 99.8 cm³/mol. The highest BCUT2D eigenvalue weighted by Crippen LogP contribution is 2.19. The van der Waals surface area contributed by atoms with Gasteiger partial charge in [0.15, 0.2) is 0 Å². The molecule has 6 nitrogen and oxygen atoms in total. The van der Waals surface area contributed by atoms with Crippen LogP contribution in [0.1, 0.15) is 12.5 Å². The van der Waals surface area contributed by atoms with Gasteiger partial charge in [0.05, 0.1) is 0 Å². The lowest BCUT2D eigenvalue weighted by Crippen LogP contribution is -2.05. The summed E-state index contributed by atoms with van der Waals surface area (Å²) in [5.41, 5.74) is 2.82. The van der Waals surface area contributed by atoms with Crippen molar-refractivity contribution in [1.82, 2.24) is 9.97 Å². The van der Waals surface area contributed by atoms with Gasteiger partial charge < -0.3 is 16.0 Å². The van der Waals surface area contributed by atoms with Gasteiger partial charge in [-0.3, -0.25) is 4.79 Å². The van der Waals surface area contributed by atoms with Crippen molar-refractivity contribution in [3.05, 3.63) is 72.6 Å². The van der Waals surface area contributed by atoms with Crippen LogP contribution < -0.4 is 16.0 Å². The molecule has 0 aliphatic carbocycles. The molecule has 1 amide bonds. The molecule has 0 radical (unpaired) electrons. The molecule has 0 saturated heterocycles. The summed E-state index contributed by atoms with van der Waals surface area (Å²) >= 11 is 0.